The van der Waals surface area contributed by atoms with Crippen molar-refractivity contribution in [1.29, 1.82) is 0 Å². The SMILES string of the molecule is Cc1ccc2c(c1)N(N)CCN2. The van der Waals surface area contributed by atoms with Gasteiger partial charge in [-0.2, -0.15) is 0 Å². The van der Waals surface area contributed by atoms with Crippen LogP contribution in [0.5, 0.6) is 0 Å². The van der Waals surface area contributed by atoms with E-state index in [1.165, 1.54) is 5.56 Å². The lowest BCUT2D eigenvalue weighted by Crippen LogP contribution is -2.39. The maximum absolute atomic E-state index is 5.81. The molecule has 0 atom stereocenters. The Morgan fingerprint density at radius 3 is 3.17 bits per heavy atom. The number of hydrazine groups is 1. The van der Waals surface area contributed by atoms with E-state index in [4.69, 9.17) is 5.84 Å². The number of nitrogens with one attached hydrogen (secondary N) is 1. The molecule has 0 radical (unpaired) electrons. The minimum Gasteiger partial charge on any atom is -0.381 e. The average molecular weight is 163 g/mol. The smallest absolute Gasteiger partial charge is 0.0752 e. The fourth-order valence-electron chi connectivity index (χ4n) is 1.46. The highest BCUT2D eigenvalue weighted by molar-refractivity contribution is 5.72. The van der Waals surface area contributed by atoms with Crippen LogP contribution in [0, 0.1) is 6.92 Å². The van der Waals surface area contributed by atoms with Crippen LogP contribution in [0.25, 0.3) is 0 Å². The van der Waals surface area contributed by atoms with Crippen LogP contribution >= 0.6 is 0 Å². The van der Waals surface area contributed by atoms with Gasteiger partial charge in [-0.05, 0) is 24.6 Å². The molecule has 64 valence electrons. The van der Waals surface area contributed by atoms with Crippen molar-refractivity contribution in [2.24, 2.45) is 5.84 Å². The number of nitrogens with two attached hydrogens (primary N) is 1. The standard InChI is InChI=1S/C9H13N3/c1-7-2-3-8-9(6-7)12(10)5-4-11-8/h2-3,6,11H,4-5,10H2,1H3. The van der Waals surface area contributed by atoms with Crippen molar-refractivity contribution >= 4 is 11.4 Å². The van der Waals surface area contributed by atoms with Gasteiger partial charge in [-0.1, -0.05) is 6.07 Å². The first-order valence-electron chi connectivity index (χ1n) is 4.14. The maximum atomic E-state index is 5.81. The van der Waals surface area contributed by atoms with E-state index in [0.29, 0.717) is 0 Å². The second-order valence-electron chi connectivity index (χ2n) is 3.14. The lowest BCUT2D eigenvalue weighted by Gasteiger charge is -2.28. The second-order valence-corrected chi connectivity index (χ2v) is 3.14. The third-order valence-electron chi connectivity index (χ3n) is 2.13. The predicted molar refractivity (Wildman–Crippen MR) is 51.2 cm³/mol. The molecule has 1 aromatic rings. The lowest BCUT2D eigenvalue weighted by atomic mass is 10.1. The third kappa shape index (κ3) is 1.12. The summed E-state index contributed by atoms with van der Waals surface area (Å²) in [6.07, 6.45) is 0. The topological polar surface area (TPSA) is 41.3 Å². The van der Waals surface area contributed by atoms with E-state index >= 15 is 0 Å². The molecule has 0 aliphatic carbocycles. The quantitative estimate of drug-likeness (QED) is 0.563. The van der Waals surface area contributed by atoms with E-state index in [1.807, 2.05) is 0 Å². The molecular weight excluding hydrogens is 150 g/mol. The predicted octanol–water partition coefficient (Wildman–Crippen LogP) is 1.10. The minimum absolute atomic E-state index is 0.871. The Balaban J connectivity index is 2.47. The van der Waals surface area contributed by atoms with Crippen LogP contribution in [0.3, 0.4) is 0 Å². The van der Waals surface area contributed by atoms with Crippen molar-refractivity contribution in [3.05, 3.63) is 23.8 Å². The Labute approximate surface area is 72.1 Å². The molecule has 0 aromatic heterocycles. The zero-order chi connectivity index (χ0) is 8.55. The fourth-order valence-corrected chi connectivity index (χ4v) is 1.46. The van der Waals surface area contributed by atoms with Crippen molar-refractivity contribution < 1.29 is 0 Å². The summed E-state index contributed by atoms with van der Waals surface area (Å²) in [6, 6.07) is 6.26. The van der Waals surface area contributed by atoms with Crippen LogP contribution in [0.2, 0.25) is 0 Å². The zero-order valence-corrected chi connectivity index (χ0v) is 7.17. The number of aryl methyl sites for hydroxylation is 1. The molecule has 1 aliphatic rings. The monoisotopic (exact) mass is 163 g/mol. The molecule has 3 nitrogen and oxygen atoms in total. The number of nitrogens with zero attached hydrogens (tertiary/aromatic N) is 1. The summed E-state index contributed by atoms with van der Waals surface area (Å²) in [5, 5.41) is 5.09. The first-order chi connectivity index (χ1) is 5.77. The number of anilines is 2. The molecule has 0 unspecified atom stereocenters. The van der Waals surface area contributed by atoms with Crippen LogP contribution in [0.15, 0.2) is 18.2 Å². The summed E-state index contributed by atoms with van der Waals surface area (Å²) in [5.74, 6) is 5.81. The fraction of sp³-hybridized carbons (Fsp3) is 0.333. The Hall–Kier alpha value is -1.22. The first-order valence-corrected chi connectivity index (χ1v) is 4.14. The highest BCUT2D eigenvalue weighted by atomic mass is 15.4. The normalized spacial score (nSPS) is 15.3. The van der Waals surface area contributed by atoms with Crippen LogP contribution < -0.4 is 16.2 Å². The van der Waals surface area contributed by atoms with E-state index in [1.54, 1.807) is 5.01 Å². The molecule has 3 N–H and O–H groups in total. The van der Waals surface area contributed by atoms with Gasteiger partial charge in [0.2, 0.25) is 0 Å². The van der Waals surface area contributed by atoms with Gasteiger partial charge in [0.1, 0.15) is 0 Å². The highest BCUT2D eigenvalue weighted by Gasteiger charge is 2.12. The van der Waals surface area contributed by atoms with Gasteiger partial charge in [-0.3, -0.25) is 0 Å². The summed E-state index contributed by atoms with van der Waals surface area (Å²) in [4.78, 5) is 0. The minimum atomic E-state index is 0.871. The largest absolute Gasteiger partial charge is 0.381 e. The summed E-state index contributed by atoms with van der Waals surface area (Å²) >= 11 is 0. The van der Waals surface area contributed by atoms with Gasteiger partial charge < -0.3 is 10.3 Å². The molecule has 1 heterocycles. The summed E-state index contributed by atoms with van der Waals surface area (Å²) < 4.78 is 0. The highest BCUT2D eigenvalue weighted by Crippen LogP contribution is 2.27. The molecule has 0 bridgehead atoms. The molecule has 2 rings (SSSR count). The van der Waals surface area contributed by atoms with Crippen LogP contribution in [-0.4, -0.2) is 13.1 Å². The van der Waals surface area contributed by atoms with Crippen molar-refractivity contribution in [1.82, 2.24) is 0 Å². The maximum Gasteiger partial charge on any atom is 0.0752 e. The summed E-state index contributed by atoms with van der Waals surface area (Å²) in [6.45, 7) is 3.87. The summed E-state index contributed by atoms with van der Waals surface area (Å²) in [5.41, 5.74) is 3.48. The van der Waals surface area contributed by atoms with E-state index < -0.39 is 0 Å². The van der Waals surface area contributed by atoms with E-state index in [9.17, 15) is 0 Å². The molecule has 12 heavy (non-hydrogen) atoms. The van der Waals surface area contributed by atoms with E-state index in [2.05, 4.69) is 30.4 Å². The summed E-state index contributed by atoms with van der Waals surface area (Å²) in [7, 11) is 0. The number of hydrogen-bond acceptors (Lipinski definition) is 3. The first kappa shape index (κ1) is 7.43. The molecule has 3 heteroatoms. The molecule has 0 saturated carbocycles. The van der Waals surface area contributed by atoms with Crippen molar-refractivity contribution in [2.45, 2.75) is 6.92 Å². The van der Waals surface area contributed by atoms with Gasteiger partial charge in [0.05, 0.1) is 17.9 Å². The van der Waals surface area contributed by atoms with Gasteiger partial charge in [-0.25, -0.2) is 5.84 Å². The van der Waals surface area contributed by atoms with Gasteiger partial charge in [-0.15, -0.1) is 0 Å². The average Bonchev–Trinajstić information content (AvgIpc) is 2.07. The lowest BCUT2D eigenvalue weighted by molar-refractivity contribution is 0.830. The van der Waals surface area contributed by atoms with Crippen LogP contribution in [-0.2, 0) is 0 Å². The molecule has 0 amide bonds. The number of fused-ring (bicyclic) bond motifs is 1. The zero-order valence-electron chi connectivity index (χ0n) is 7.17. The molecule has 0 saturated heterocycles. The van der Waals surface area contributed by atoms with Crippen molar-refractivity contribution in [3.63, 3.8) is 0 Å². The second kappa shape index (κ2) is 2.68. The Morgan fingerprint density at radius 2 is 2.33 bits per heavy atom. The van der Waals surface area contributed by atoms with Crippen molar-refractivity contribution in [3.8, 4) is 0 Å². The van der Waals surface area contributed by atoms with Crippen LogP contribution in [0.4, 0.5) is 11.4 Å². The molecule has 0 spiro atoms. The molecular formula is C9H13N3. The number of hydrogen-bond donors (Lipinski definition) is 2. The molecule has 0 fully saturated rings. The third-order valence-corrected chi connectivity index (χ3v) is 2.13. The number of rotatable bonds is 0. The Bertz CT molecular complexity index is 296. The van der Waals surface area contributed by atoms with Gasteiger partial charge in [0, 0.05) is 6.54 Å². The van der Waals surface area contributed by atoms with Crippen LogP contribution in [0.1, 0.15) is 5.56 Å². The van der Waals surface area contributed by atoms with E-state index in [-0.39, 0.29) is 0 Å². The van der Waals surface area contributed by atoms with Gasteiger partial charge in [0.15, 0.2) is 0 Å². The van der Waals surface area contributed by atoms with E-state index in [0.717, 1.165) is 24.5 Å². The van der Waals surface area contributed by atoms with Crippen molar-refractivity contribution in [2.75, 3.05) is 23.4 Å². The molecule has 1 aromatic carbocycles. The Morgan fingerprint density at radius 1 is 1.50 bits per heavy atom. The Kier molecular flexibility index (Phi) is 1.66. The molecule has 1 aliphatic heterocycles. The van der Waals surface area contributed by atoms with Gasteiger partial charge in [0.25, 0.3) is 0 Å². The van der Waals surface area contributed by atoms with Gasteiger partial charge >= 0.3 is 0 Å². The number of benzene rings is 1.